The minimum absolute atomic E-state index is 0.0607. The summed E-state index contributed by atoms with van der Waals surface area (Å²) in [5, 5.41) is 9.23. The molecule has 1 aliphatic heterocycles. The van der Waals surface area contributed by atoms with Gasteiger partial charge in [0.2, 0.25) is 0 Å². The lowest BCUT2D eigenvalue weighted by Crippen LogP contribution is -2.48. The number of aromatic nitrogens is 1. The van der Waals surface area contributed by atoms with E-state index in [0.29, 0.717) is 18.7 Å². The number of allylic oxidation sites excluding steroid dienone is 2. The Labute approximate surface area is 209 Å². The first-order valence-electron chi connectivity index (χ1n) is 11.7. The minimum Gasteiger partial charge on any atom is -0.478 e. The van der Waals surface area contributed by atoms with Gasteiger partial charge in [0.05, 0.1) is 21.0 Å². The topological polar surface area (TPSA) is 70.5 Å². The van der Waals surface area contributed by atoms with Gasteiger partial charge in [-0.2, -0.15) is 0 Å². The standard InChI is InChI=1S/C29H28N2O3S/c1-28(2)21(19-7-9-20(10-8-19)27(33)34)13-15-29(3)18-31(17-14-25(28)29)26(32)24-12-11-23(35-24)22-6-4-5-16-30-22/h4-14,16H,15,17-18H2,1-3H3,(H,33,34)/t29-/m1/s1. The van der Waals surface area contributed by atoms with Crippen molar-refractivity contribution in [2.24, 2.45) is 10.8 Å². The number of carbonyl (C=O) groups is 2. The van der Waals surface area contributed by atoms with Crippen molar-refractivity contribution < 1.29 is 14.7 Å². The van der Waals surface area contributed by atoms with E-state index < -0.39 is 5.97 Å². The molecule has 2 aromatic heterocycles. The van der Waals surface area contributed by atoms with Gasteiger partial charge in [-0.15, -0.1) is 11.3 Å². The quantitative estimate of drug-likeness (QED) is 0.434. The molecule has 1 atom stereocenters. The monoisotopic (exact) mass is 484 g/mol. The van der Waals surface area contributed by atoms with Crippen LogP contribution in [-0.2, 0) is 0 Å². The number of benzene rings is 1. The van der Waals surface area contributed by atoms with Crippen LogP contribution in [0.2, 0.25) is 0 Å². The molecule has 0 saturated heterocycles. The molecule has 3 heterocycles. The number of thiophene rings is 1. The average Bonchev–Trinajstić information content (AvgIpc) is 3.34. The van der Waals surface area contributed by atoms with Gasteiger partial charge in [0.15, 0.2) is 0 Å². The number of hydrogen-bond acceptors (Lipinski definition) is 4. The normalized spacial score (nSPS) is 21.1. The van der Waals surface area contributed by atoms with Crippen molar-refractivity contribution in [2.45, 2.75) is 27.2 Å². The molecule has 35 heavy (non-hydrogen) atoms. The number of carbonyl (C=O) groups excluding carboxylic acids is 1. The summed E-state index contributed by atoms with van der Waals surface area (Å²) in [5.74, 6) is -0.857. The lowest BCUT2D eigenvalue weighted by Gasteiger charge is -2.50. The highest BCUT2D eigenvalue weighted by Gasteiger charge is 2.46. The molecule has 0 bridgehead atoms. The fraction of sp³-hybridized carbons (Fsp3) is 0.276. The Morgan fingerprint density at radius 1 is 1.00 bits per heavy atom. The second kappa shape index (κ2) is 8.61. The number of rotatable bonds is 4. The molecule has 6 heteroatoms. The molecule has 0 spiro atoms. The Hall–Kier alpha value is -3.51. The van der Waals surface area contributed by atoms with Crippen LogP contribution in [0.3, 0.4) is 0 Å². The number of hydrogen-bond donors (Lipinski definition) is 1. The van der Waals surface area contributed by atoms with Crippen LogP contribution in [0.5, 0.6) is 0 Å². The summed E-state index contributed by atoms with van der Waals surface area (Å²) < 4.78 is 0. The van der Waals surface area contributed by atoms with E-state index in [1.807, 2.05) is 47.4 Å². The molecule has 0 unspecified atom stereocenters. The summed E-state index contributed by atoms with van der Waals surface area (Å²) in [6.45, 7) is 7.94. The zero-order valence-electron chi connectivity index (χ0n) is 20.1. The van der Waals surface area contributed by atoms with Gasteiger partial charge in [0, 0.05) is 30.1 Å². The molecule has 1 aromatic carbocycles. The highest BCUT2D eigenvalue weighted by Crippen LogP contribution is 2.55. The Balaban J connectivity index is 1.38. The Morgan fingerprint density at radius 3 is 2.46 bits per heavy atom. The molecule has 178 valence electrons. The van der Waals surface area contributed by atoms with Crippen molar-refractivity contribution in [1.82, 2.24) is 9.88 Å². The van der Waals surface area contributed by atoms with E-state index >= 15 is 0 Å². The maximum atomic E-state index is 13.4. The van der Waals surface area contributed by atoms with Crippen molar-refractivity contribution in [3.05, 3.63) is 94.5 Å². The second-order valence-corrected chi connectivity index (χ2v) is 11.2. The van der Waals surface area contributed by atoms with E-state index in [2.05, 4.69) is 37.9 Å². The Kier molecular flexibility index (Phi) is 5.72. The first-order chi connectivity index (χ1) is 16.7. The lowest BCUT2D eigenvalue weighted by molar-refractivity contribution is 0.0682. The summed E-state index contributed by atoms with van der Waals surface area (Å²) >= 11 is 1.49. The van der Waals surface area contributed by atoms with Gasteiger partial charge in [-0.1, -0.05) is 56.7 Å². The Bertz CT molecular complexity index is 1350. The van der Waals surface area contributed by atoms with E-state index in [9.17, 15) is 14.7 Å². The van der Waals surface area contributed by atoms with Crippen LogP contribution in [0.1, 0.15) is 52.8 Å². The third-order valence-corrected chi connectivity index (χ3v) is 8.37. The molecule has 0 radical (unpaired) electrons. The van der Waals surface area contributed by atoms with E-state index in [1.165, 1.54) is 22.5 Å². The largest absolute Gasteiger partial charge is 0.478 e. The van der Waals surface area contributed by atoms with Crippen molar-refractivity contribution >= 4 is 28.8 Å². The maximum Gasteiger partial charge on any atom is 0.335 e. The molecule has 1 aliphatic carbocycles. The molecule has 2 aliphatic rings. The Morgan fingerprint density at radius 2 is 1.77 bits per heavy atom. The van der Waals surface area contributed by atoms with E-state index in [-0.39, 0.29) is 16.7 Å². The number of fused-ring (bicyclic) bond motifs is 1. The summed E-state index contributed by atoms with van der Waals surface area (Å²) in [6, 6.07) is 16.8. The number of pyridine rings is 1. The number of aromatic carboxylic acids is 1. The van der Waals surface area contributed by atoms with Crippen molar-refractivity contribution in [2.75, 3.05) is 13.1 Å². The molecule has 3 aromatic rings. The molecule has 5 rings (SSSR count). The van der Waals surface area contributed by atoms with Crippen LogP contribution >= 0.6 is 11.3 Å². The van der Waals surface area contributed by atoms with Crippen molar-refractivity contribution in [3.8, 4) is 10.6 Å². The summed E-state index contributed by atoms with van der Waals surface area (Å²) in [6.07, 6.45) is 7.09. The minimum atomic E-state index is -0.918. The summed E-state index contributed by atoms with van der Waals surface area (Å²) in [7, 11) is 0. The molecule has 5 nitrogen and oxygen atoms in total. The van der Waals surface area contributed by atoms with Crippen molar-refractivity contribution in [3.63, 3.8) is 0 Å². The number of amides is 1. The molecule has 0 fully saturated rings. The van der Waals surface area contributed by atoms with Gasteiger partial charge in [0.25, 0.3) is 5.91 Å². The van der Waals surface area contributed by atoms with Gasteiger partial charge < -0.3 is 10.0 Å². The van der Waals surface area contributed by atoms with Crippen LogP contribution in [-0.4, -0.2) is 40.0 Å². The summed E-state index contributed by atoms with van der Waals surface area (Å²) in [4.78, 5) is 32.7. The van der Waals surface area contributed by atoms with Gasteiger partial charge >= 0.3 is 5.97 Å². The summed E-state index contributed by atoms with van der Waals surface area (Å²) in [5.41, 5.74) is 4.39. The van der Waals surface area contributed by atoms with Crippen LogP contribution in [0.15, 0.2) is 78.5 Å². The second-order valence-electron chi connectivity index (χ2n) is 10.1. The predicted molar refractivity (Wildman–Crippen MR) is 139 cm³/mol. The average molecular weight is 485 g/mol. The van der Waals surface area contributed by atoms with E-state index in [1.54, 1.807) is 18.3 Å². The number of carboxylic acid groups (broad SMARTS) is 1. The van der Waals surface area contributed by atoms with Crippen LogP contribution < -0.4 is 0 Å². The zero-order chi connectivity index (χ0) is 24.8. The fourth-order valence-electron chi connectivity index (χ4n) is 5.61. The molecule has 1 N–H and O–H groups in total. The van der Waals surface area contributed by atoms with Crippen LogP contribution in [0.25, 0.3) is 16.1 Å². The van der Waals surface area contributed by atoms with Gasteiger partial charge in [0.1, 0.15) is 0 Å². The van der Waals surface area contributed by atoms with Gasteiger partial charge in [-0.25, -0.2) is 4.79 Å². The smallest absolute Gasteiger partial charge is 0.335 e. The first-order valence-corrected chi connectivity index (χ1v) is 12.6. The zero-order valence-corrected chi connectivity index (χ0v) is 20.9. The first kappa shape index (κ1) is 23.2. The molecule has 1 amide bonds. The SMILES string of the molecule is CC1(C)C(c2ccc(C(=O)O)cc2)=CC[C@]2(C)CN(C(=O)c3ccc(-c4ccccn4)s3)CC=C12. The maximum absolute atomic E-state index is 13.4. The van der Waals surface area contributed by atoms with E-state index in [4.69, 9.17) is 0 Å². The number of nitrogens with zero attached hydrogens (tertiary/aromatic N) is 2. The van der Waals surface area contributed by atoms with Crippen molar-refractivity contribution in [1.29, 1.82) is 0 Å². The molecular formula is C29H28N2O3S. The predicted octanol–water partition coefficient (Wildman–Crippen LogP) is 6.41. The lowest BCUT2D eigenvalue weighted by atomic mass is 9.58. The number of carboxylic acids is 1. The fourth-order valence-corrected chi connectivity index (χ4v) is 6.56. The third-order valence-electron chi connectivity index (χ3n) is 7.27. The van der Waals surface area contributed by atoms with Gasteiger partial charge in [-0.05, 0) is 54.0 Å². The molecule has 0 saturated carbocycles. The highest BCUT2D eigenvalue weighted by molar-refractivity contribution is 7.17. The van der Waals surface area contributed by atoms with Gasteiger partial charge in [-0.3, -0.25) is 9.78 Å². The third kappa shape index (κ3) is 4.12. The van der Waals surface area contributed by atoms with Crippen LogP contribution in [0.4, 0.5) is 0 Å². The highest BCUT2D eigenvalue weighted by atomic mass is 32.1. The van der Waals surface area contributed by atoms with E-state index in [0.717, 1.165) is 27.4 Å². The van der Waals surface area contributed by atoms with Crippen LogP contribution in [0, 0.1) is 10.8 Å². The molecular weight excluding hydrogens is 456 g/mol.